The topological polar surface area (TPSA) is 55.1 Å². The van der Waals surface area contributed by atoms with Crippen LogP contribution in [0.25, 0.3) is 5.69 Å². The van der Waals surface area contributed by atoms with Crippen LogP contribution in [0.5, 0.6) is 0 Å². The fourth-order valence-corrected chi connectivity index (χ4v) is 3.19. The second kappa shape index (κ2) is 5.40. The Hall–Kier alpha value is -1.62. The number of aromatic carboxylic acids is 1. The van der Waals surface area contributed by atoms with E-state index in [0.717, 1.165) is 41.5 Å². The third-order valence-corrected chi connectivity index (χ3v) is 4.28. The number of carboxylic acids is 1. The molecule has 1 fully saturated rings. The van der Waals surface area contributed by atoms with E-state index in [2.05, 4.69) is 21.0 Å². The first-order chi connectivity index (χ1) is 9.65. The van der Waals surface area contributed by atoms with Gasteiger partial charge in [0.2, 0.25) is 0 Å². The Bertz CT molecular complexity index is 645. The fourth-order valence-electron chi connectivity index (χ4n) is 2.80. The van der Waals surface area contributed by atoms with Crippen LogP contribution in [0.4, 0.5) is 0 Å². The van der Waals surface area contributed by atoms with E-state index in [-0.39, 0.29) is 5.92 Å². The number of aromatic nitrogens is 2. The molecule has 0 bridgehead atoms. The van der Waals surface area contributed by atoms with E-state index in [1.165, 1.54) is 0 Å². The number of halogens is 1. The van der Waals surface area contributed by atoms with Crippen molar-refractivity contribution in [2.45, 2.75) is 31.6 Å². The van der Waals surface area contributed by atoms with Crippen LogP contribution in [-0.2, 0) is 0 Å². The zero-order valence-corrected chi connectivity index (χ0v) is 12.5. The second-order valence-electron chi connectivity index (χ2n) is 5.14. The molecule has 5 heteroatoms. The number of hydrogen-bond acceptors (Lipinski definition) is 2. The van der Waals surface area contributed by atoms with Crippen molar-refractivity contribution in [3.8, 4) is 5.69 Å². The molecule has 1 aromatic carbocycles. The zero-order valence-electron chi connectivity index (χ0n) is 10.9. The first-order valence-electron chi connectivity index (χ1n) is 6.74. The van der Waals surface area contributed by atoms with Crippen LogP contribution < -0.4 is 0 Å². The maximum absolute atomic E-state index is 11.4. The highest BCUT2D eigenvalue weighted by molar-refractivity contribution is 9.10. The van der Waals surface area contributed by atoms with Gasteiger partial charge in [0, 0.05) is 16.6 Å². The maximum atomic E-state index is 11.4. The lowest BCUT2D eigenvalue weighted by atomic mass is 10.0. The Labute approximate surface area is 125 Å². The third-order valence-electron chi connectivity index (χ3n) is 3.79. The SMILES string of the molecule is O=C(O)c1cn(-c2cccc(Br)c2)nc1C1CCCC1. The van der Waals surface area contributed by atoms with E-state index in [0.29, 0.717) is 5.56 Å². The minimum Gasteiger partial charge on any atom is -0.478 e. The number of nitrogens with zero attached hydrogens (tertiary/aromatic N) is 2. The number of hydrogen-bond donors (Lipinski definition) is 1. The van der Waals surface area contributed by atoms with Gasteiger partial charge in [-0.3, -0.25) is 0 Å². The van der Waals surface area contributed by atoms with Gasteiger partial charge in [-0.2, -0.15) is 5.10 Å². The van der Waals surface area contributed by atoms with Gasteiger partial charge >= 0.3 is 5.97 Å². The summed E-state index contributed by atoms with van der Waals surface area (Å²) in [7, 11) is 0. The summed E-state index contributed by atoms with van der Waals surface area (Å²) in [5, 5.41) is 13.9. The Kier molecular flexibility index (Phi) is 3.61. The first kappa shape index (κ1) is 13.4. The number of carboxylic acid groups (broad SMARTS) is 1. The van der Waals surface area contributed by atoms with Crippen LogP contribution in [0.3, 0.4) is 0 Å². The van der Waals surface area contributed by atoms with Crippen molar-refractivity contribution < 1.29 is 9.90 Å². The lowest BCUT2D eigenvalue weighted by molar-refractivity contribution is 0.0695. The highest BCUT2D eigenvalue weighted by Crippen LogP contribution is 2.35. The van der Waals surface area contributed by atoms with Crippen LogP contribution in [-0.4, -0.2) is 20.9 Å². The molecule has 3 rings (SSSR count). The zero-order chi connectivity index (χ0) is 14.1. The van der Waals surface area contributed by atoms with E-state index >= 15 is 0 Å². The van der Waals surface area contributed by atoms with Gasteiger partial charge in [-0.15, -0.1) is 0 Å². The summed E-state index contributed by atoms with van der Waals surface area (Å²) in [6.07, 6.45) is 6.02. The van der Waals surface area contributed by atoms with Crippen molar-refractivity contribution in [2.75, 3.05) is 0 Å². The Morgan fingerprint density at radius 2 is 2.10 bits per heavy atom. The minimum absolute atomic E-state index is 0.287. The molecule has 4 nitrogen and oxygen atoms in total. The molecule has 1 saturated carbocycles. The molecule has 0 spiro atoms. The molecule has 1 N–H and O–H groups in total. The molecule has 2 aromatic rings. The summed E-state index contributed by atoms with van der Waals surface area (Å²) in [5.74, 6) is -0.609. The monoisotopic (exact) mass is 334 g/mol. The molecule has 0 saturated heterocycles. The van der Waals surface area contributed by atoms with E-state index in [1.54, 1.807) is 10.9 Å². The highest BCUT2D eigenvalue weighted by atomic mass is 79.9. The number of rotatable bonds is 3. The quantitative estimate of drug-likeness (QED) is 0.923. The molecule has 1 aliphatic carbocycles. The summed E-state index contributed by atoms with van der Waals surface area (Å²) in [6, 6.07) is 7.69. The van der Waals surface area contributed by atoms with Gasteiger partial charge in [-0.05, 0) is 31.0 Å². The summed E-state index contributed by atoms with van der Waals surface area (Å²) >= 11 is 3.42. The van der Waals surface area contributed by atoms with Crippen molar-refractivity contribution in [3.63, 3.8) is 0 Å². The van der Waals surface area contributed by atoms with E-state index < -0.39 is 5.97 Å². The predicted octanol–water partition coefficient (Wildman–Crippen LogP) is 3.99. The smallest absolute Gasteiger partial charge is 0.339 e. The highest BCUT2D eigenvalue weighted by Gasteiger charge is 2.26. The average Bonchev–Trinajstić information content (AvgIpc) is 3.08. The molecule has 20 heavy (non-hydrogen) atoms. The Morgan fingerprint density at radius 3 is 2.75 bits per heavy atom. The Morgan fingerprint density at radius 1 is 1.35 bits per heavy atom. The van der Waals surface area contributed by atoms with Crippen molar-refractivity contribution in [2.24, 2.45) is 0 Å². The molecular formula is C15H15BrN2O2. The summed E-state index contributed by atoms with van der Waals surface area (Å²) in [4.78, 5) is 11.4. The number of carbonyl (C=O) groups is 1. The summed E-state index contributed by atoms with van der Waals surface area (Å²) in [5.41, 5.74) is 1.93. The molecule has 0 radical (unpaired) electrons. The maximum Gasteiger partial charge on any atom is 0.339 e. The second-order valence-corrected chi connectivity index (χ2v) is 6.05. The largest absolute Gasteiger partial charge is 0.478 e. The van der Waals surface area contributed by atoms with E-state index in [1.807, 2.05) is 24.3 Å². The van der Waals surface area contributed by atoms with E-state index in [4.69, 9.17) is 0 Å². The van der Waals surface area contributed by atoms with Gasteiger partial charge in [0.1, 0.15) is 5.56 Å². The van der Waals surface area contributed by atoms with Crippen LogP contribution in [0, 0.1) is 0 Å². The average molecular weight is 335 g/mol. The van der Waals surface area contributed by atoms with Gasteiger partial charge < -0.3 is 5.11 Å². The molecule has 1 aliphatic rings. The van der Waals surface area contributed by atoms with Crippen LogP contribution >= 0.6 is 15.9 Å². The normalized spacial score (nSPS) is 15.7. The van der Waals surface area contributed by atoms with Gasteiger partial charge in [0.15, 0.2) is 0 Å². The van der Waals surface area contributed by atoms with Gasteiger partial charge in [-0.1, -0.05) is 34.8 Å². The van der Waals surface area contributed by atoms with Crippen molar-refractivity contribution >= 4 is 21.9 Å². The van der Waals surface area contributed by atoms with Gasteiger partial charge in [0.05, 0.1) is 11.4 Å². The van der Waals surface area contributed by atoms with E-state index in [9.17, 15) is 9.90 Å². The molecule has 104 valence electrons. The summed E-state index contributed by atoms with van der Waals surface area (Å²) < 4.78 is 2.62. The molecule has 1 heterocycles. The molecular weight excluding hydrogens is 320 g/mol. The molecule has 1 aromatic heterocycles. The van der Waals surface area contributed by atoms with Crippen molar-refractivity contribution in [3.05, 3.63) is 46.2 Å². The third kappa shape index (κ3) is 2.50. The van der Waals surface area contributed by atoms with Crippen molar-refractivity contribution in [1.29, 1.82) is 0 Å². The summed E-state index contributed by atoms with van der Waals surface area (Å²) in [6.45, 7) is 0. The standard InChI is InChI=1S/C15H15BrN2O2/c16-11-6-3-7-12(8-11)18-9-13(15(19)20)14(17-18)10-4-1-2-5-10/h3,6-10H,1-2,4-5H2,(H,19,20). The van der Waals surface area contributed by atoms with Gasteiger partial charge in [-0.25, -0.2) is 9.48 Å². The van der Waals surface area contributed by atoms with Crippen LogP contribution in [0.1, 0.15) is 47.7 Å². The molecule has 0 amide bonds. The molecule has 0 unspecified atom stereocenters. The van der Waals surface area contributed by atoms with Crippen LogP contribution in [0.15, 0.2) is 34.9 Å². The lowest BCUT2D eigenvalue weighted by Gasteiger charge is -2.06. The molecule has 0 aliphatic heterocycles. The predicted molar refractivity (Wildman–Crippen MR) is 79.4 cm³/mol. The van der Waals surface area contributed by atoms with Crippen molar-refractivity contribution in [1.82, 2.24) is 9.78 Å². The minimum atomic E-state index is -0.895. The Balaban J connectivity index is 2.05. The van der Waals surface area contributed by atoms with Gasteiger partial charge in [0.25, 0.3) is 0 Å². The number of benzene rings is 1. The van der Waals surface area contributed by atoms with Crippen LogP contribution in [0.2, 0.25) is 0 Å². The first-order valence-corrected chi connectivity index (χ1v) is 7.53. The molecule has 0 atom stereocenters. The fraction of sp³-hybridized carbons (Fsp3) is 0.333. The lowest BCUT2D eigenvalue weighted by Crippen LogP contribution is -2.03.